The molecule has 0 spiro atoms. The fourth-order valence-corrected chi connectivity index (χ4v) is 4.98. The summed E-state index contributed by atoms with van der Waals surface area (Å²) in [6, 6.07) is 14.0. The maximum Gasteiger partial charge on any atom is 0.335 e. The average Bonchev–Trinajstić information content (AvgIpc) is 2.85. The molecule has 1 aliphatic heterocycles. The van der Waals surface area contributed by atoms with Crippen LogP contribution in [0.25, 0.3) is 6.08 Å². The van der Waals surface area contributed by atoms with Crippen molar-refractivity contribution in [2.24, 2.45) is 0 Å². The molecule has 3 aromatic carbocycles. The summed E-state index contributed by atoms with van der Waals surface area (Å²) in [6.07, 6.45) is 1.46. The van der Waals surface area contributed by atoms with E-state index in [1.54, 1.807) is 30.3 Å². The van der Waals surface area contributed by atoms with Gasteiger partial charge in [-0.2, -0.15) is 0 Å². The minimum absolute atomic E-state index is 0.160. The topological polar surface area (TPSA) is 84.9 Å². The fourth-order valence-electron chi connectivity index (χ4n) is 3.95. The van der Waals surface area contributed by atoms with Gasteiger partial charge in [-0.05, 0) is 115 Å². The third kappa shape index (κ3) is 5.94. The van der Waals surface area contributed by atoms with Gasteiger partial charge in [0.1, 0.15) is 12.2 Å². The van der Waals surface area contributed by atoms with Crippen molar-refractivity contribution in [3.8, 4) is 11.5 Å². The fraction of sp³-hybridized carbons (Fsp3) is 0.207. The molecule has 0 unspecified atom stereocenters. The first-order valence-corrected chi connectivity index (χ1v) is 13.8. The Labute approximate surface area is 243 Å². The second kappa shape index (κ2) is 11.7. The number of urea groups is 1. The Hall–Kier alpha value is -3.18. The summed E-state index contributed by atoms with van der Waals surface area (Å²) in [4.78, 5) is 39.5. The van der Waals surface area contributed by atoms with Gasteiger partial charge in [-0.15, -0.1) is 0 Å². The van der Waals surface area contributed by atoms with Crippen LogP contribution >= 0.6 is 38.5 Å². The number of benzene rings is 3. The number of carbonyl (C=O) groups is 3. The van der Waals surface area contributed by atoms with Crippen molar-refractivity contribution < 1.29 is 23.9 Å². The number of aryl methyl sites for hydroxylation is 3. The Morgan fingerprint density at radius 1 is 0.947 bits per heavy atom. The van der Waals surface area contributed by atoms with E-state index in [4.69, 9.17) is 9.47 Å². The predicted molar refractivity (Wildman–Crippen MR) is 158 cm³/mol. The predicted octanol–water partition coefficient (Wildman–Crippen LogP) is 6.62. The van der Waals surface area contributed by atoms with Gasteiger partial charge >= 0.3 is 6.03 Å². The lowest BCUT2D eigenvalue weighted by atomic mass is 10.1. The normalized spacial score (nSPS) is 14.6. The van der Waals surface area contributed by atoms with E-state index in [9.17, 15) is 14.4 Å². The molecule has 0 aromatic heterocycles. The molecule has 1 saturated heterocycles. The quantitative estimate of drug-likeness (QED) is 0.171. The third-order valence-electron chi connectivity index (χ3n) is 6.10. The summed E-state index contributed by atoms with van der Waals surface area (Å²) in [5.74, 6) is -0.388. The molecule has 9 heteroatoms. The molecule has 1 fully saturated rings. The zero-order chi connectivity index (χ0) is 27.6. The lowest BCUT2D eigenvalue weighted by molar-refractivity contribution is -0.122. The van der Waals surface area contributed by atoms with Crippen molar-refractivity contribution in [1.29, 1.82) is 0 Å². The van der Waals surface area contributed by atoms with E-state index < -0.39 is 17.8 Å². The van der Waals surface area contributed by atoms with Crippen LogP contribution in [0.3, 0.4) is 0 Å². The number of barbiturate groups is 1. The first-order chi connectivity index (χ1) is 18.1. The lowest BCUT2D eigenvalue weighted by Crippen LogP contribution is -2.54. The Morgan fingerprint density at radius 3 is 2.39 bits per heavy atom. The second-order valence-corrected chi connectivity index (χ2v) is 10.9. The van der Waals surface area contributed by atoms with Gasteiger partial charge in [0, 0.05) is 4.47 Å². The van der Waals surface area contributed by atoms with Crippen LogP contribution in [-0.2, 0) is 16.2 Å². The molecule has 0 aliphatic carbocycles. The van der Waals surface area contributed by atoms with Crippen LogP contribution in [0, 0.1) is 24.3 Å². The maximum absolute atomic E-state index is 13.3. The Morgan fingerprint density at radius 2 is 1.71 bits per heavy atom. The summed E-state index contributed by atoms with van der Waals surface area (Å²) in [6.45, 7) is 8.61. The van der Waals surface area contributed by atoms with Crippen LogP contribution in [0.15, 0.2) is 58.6 Å². The van der Waals surface area contributed by atoms with Crippen molar-refractivity contribution in [3.63, 3.8) is 0 Å². The molecule has 1 N–H and O–H groups in total. The molecule has 4 amide bonds. The zero-order valence-corrected chi connectivity index (χ0v) is 25.1. The van der Waals surface area contributed by atoms with Crippen molar-refractivity contribution in [3.05, 3.63) is 90.0 Å². The molecular formula is C29H26BrIN2O5. The number of ether oxygens (including phenoxy) is 2. The molecule has 7 nitrogen and oxygen atoms in total. The molecule has 38 heavy (non-hydrogen) atoms. The molecule has 0 saturated carbocycles. The van der Waals surface area contributed by atoms with Crippen molar-refractivity contribution in [2.75, 3.05) is 11.5 Å². The molecule has 3 aromatic rings. The van der Waals surface area contributed by atoms with Gasteiger partial charge < -0.3 is 9.47 Å². The van der Waals surface area contributed by atoms with Crippen LogP contribution < -0.4 is 19.7 Å². The van der Waals surface area contributed by atoms with E-state index in [-0.39, 0.29) is 5.57 Å². The molecule has 0 bridgehead atoms. The Kier molecular flexibility index (Phi) is 8.57. The number of anilines is 1. The van der Waals surface area contributed by atoms with Crippen molar-refractivity contribution in [2.45, 2.75) is 34.3 Å². The summed E-state index contributed by atoms with van der Waals surface area (Å²) in [7, 11) is 0. The van der Waals surface area contributed by atoms with E-state index >= 15 is 0 Å². The van der Waals surface area contributed by atoms with E-state index in [0.717, 1.165) is 24.1 Å². The minimum Gasteiger partial charge on any atom is -0.490 e. The number of nitrogens with one attached hydrogen (secondary N) is 1. The highest BCUT2D eigenvalue weighted by atomic mass is 127. The SMILES string of the molecule is CCOc1cc(/C=C2/C(=O)NC(=O)N(c3ccc(Br)c(C)c3)C2=O)cc(I)c1OCc1ccc(C)c(C)c1. The van der Waals surface area contributed by atoms with Crippen LogP contribution in [-0.4, -0.2) is 24.5 Å². The summed E-state index contributed by atoms with van der Waals surface area (Å²) in [5, 5.41) is 2.26. The maximum atomic E-state index is 13.3. The van der Waals surface area contributed by atoms with Crippen LogP contribution in [0.2, 0.25) is 0 Å². The highest BCUT2D eigenvalue weighted by Crippen LogP contribution is 2.36. The van der Waals surface area contributed by atoms with Gasteiger partial charge in [0.15, 0.2) is 11.5 Å². The number of hydrogen-bond acceptors (Lipinski definition) is 5. The van der Waals surface area contributed by atoms with E-state index in [0.29, 0.717) is 36.0 Å². The molecule has 0 radical (unpaired) electrons. The molecular weight excluding hydrogens is 663 g/mol. The highest BCUT2D eigenvalue weighted by Gasteiger charge is 2.37. The standard InChI is InChI=1S/C29H26BrIN2O5/c1-5-37-25-14-20(13-24(31)26(25)38-15-19-7-6-16(2)17(3)10-19)12-22-27(34)32-29(36)33(28(22)35)21-8-9-23(30)18(4)11-21/h6-14H,5,15H2,1-4H3,(H,32,34,36)/b22-12-. The number of halogens is 2. The van der Waals surface area contributed by atoms with Crippen LogP contribution in [0.4, 0.5) is 10.5 Å². The molecule has 4 rings (SSSR count). The van der Waals surface area contributed by atoms with Crippen molar-refractivity contribution in [1.82, 2.24) is 5.32 Å². The summed E-state index contributed by atoms with van der Waals surface area (Å²) >= 11 is 5.56. The molecule has 1 heterocycles. The van der Waals surface area contributed by atoms with Gasteiger partial charge in [-0.25, -0.2) is 9.69 Å². The lowest BCUT2D eigenvalue weighted by Gasteiger charge is -2.26. The first kappa shape index (κ1) is 27.8. The van der Waals surface area contributed by atoms with E-state index in [1.807, 2.05) is 19.9 Å². The van der Waals surface area contributed by atoms with Gasteiger partial charge in [-0.1, -0.05) is 34.1 Å². The number of amides is 4. The summed E-state index contributed by atoms with van der Waals surface area (Å²) < 4.78 is 13.6. The van der Waals surface area contributed by atoms with Gasteiger partial charge in [0.25, 0.3) is 11.8 Å². The van der Waals surface area contributed by atoms with Crippen molar-refractivity contribution >= 4 is 68.1 Å². The van der Waals surface area contributed by atoms with Gasteiger partial charge in [0.2, 0.25) is 0 Å². The van der Waals surface area contributed by atoms with Crippen LogP contribution in [0.5, 0.6) is 11.5 Å². The molecule has 0 atom stereocenters. The van der Waals surface area contributed by atoms with Gasteiger partial charge in [0.05, 0.1) is 15.9 Å². The minimum atomic E-state index is -0.793. The van der Waals surface area contributed by atoms with Gasteiger partial charge in [-0.3, -0.25) is 14.9 Å². The first-order valence-electron chi connectivity index (χ1n) is 11.9. The smallest absolute Gasteiger partial charge is 0.335 e. The highest BCUT2D eigenvalue weighted by molar-refractivity contribution is 14.1. The number of carbonyl (C=O) groups excluding carboxylic acids is 3. The third-order valence-corrected chi connectivity index (χ3v) is 7.79. The zero-order valence-electron chi connectivity index (χ0n) is 21.4. The van der Waals surface area contributed by atoms with Crippen LogP contribution in [0.1, 0.15) is 34.7 Å². The van der Waals surface area contributed by atoms with E-state index in [2.05, 4.69) is 69.8 Å². The Balaban J connectivity index is 1.66. The number of nitrogens with zero attached hydrogens (tertiary/aromatic N) is 1. The average molecular weight is 689 g/mol. The molecule has 1 aliphatic rings. The number of imide groups is 2. The van der Waals surface area contributed by atoms with E-state index in [1.165, 1.54) is 17.2 Å². The monoisotopic (exact) mass is 688 g/mol. The second-order valence-electron chi connectivity index (χ2n) is 8.86. The molecule has 196 valence electrons. The summed E-state index contributed by atoms with van der Waals surface area (Å²) in [5.41, 5.74) is 5.06. The Bertz CT molecular complexity index is 1480. The largest absolute Gasteiger partial charge is 0.490 e. The number of rotatable bonds is 7. The number of hydrogen-bond donors (Lipinski definition) is 1.